The highest BCUT2D eigenvalue weighted by Gasteiger charge is 2.23. The van der Waals surface area contributed by atoms with E-state index in [2.05, 4.69) is 15.5 Å². The first kappa shape index (κ1) is 23.6. The molecule has 11 heteroatoms. The van der Waals surface area contributed by atoms with Crippen LogP contribution in [0.4, 0.5) is 0 Å². The summed E-state index contributed by atoms with van der Waals surface area (Å²) in [5.41, 5.74) is 7.00. The molecule has 0 radical (unpaired) electrons. The van der Waals surface area contributed by atoms with E-state index in [4.69, 9.17) is 33.7 Å². The van der Waals surface area contributed by atoms with Crippen molar-refractivity contribution in [3.63, 3.8) is 0 Å². The number of hydrogen-bond donors (Lipinski definition) is 3. The van der Waals surface area contributed by atoms with Crippen LogP contribution in [0, 0.1) is 0 Å². The van der Waals surface area contributed by atoms with Crippen LogP contribution >= 0.6 is 46.7 Å². The minimum absolute atomic E-state index is 0.00986. The van der Waals surface area contributed by atoms with Gasteiger partial charge in [0.1, 0.15) is 4.71 Å². The maximum absolute atomic E-state index is 12.2. The van der Waals surface area contributed by atoms with Crippen molar-refractivity contribution in [3.05, 3.63) is 44.9 Å². The van der Waals surface area contributed by atoms with E-state index in [0.717, 1.165) is 17.8 Å². The summed E-state index contributed by atoms with van der Waals surface area (Å²) in [4.78, 5) is 25.4. The van der Waals surface area contributed by atoms with Crippen LogP contribution in [0.25, 0.3) is 0 Å². The van der Waals surface area contributed by atoms with Crippen LogP contribution in [0.2, 0.25) is 10.0 Å². The molecule has 2 amide bonds. The zero-order chi connectivity index (χ0) is 21.5. The van der Waals surface area contributed by atoms with Crippen LogP contribution < -0.4 is 16.4 Å². The van der Waals surface area contributed by atoms with Crippen molar-refractivity contribution in [3.8, 4) is 0 Å². The molecule has 2 atom stereocenters. The summed E-state index contributed by atoms with van der Waals surface area (Å²) in [5, 5.41) is 9.26. The first-order valence-electron chi connectivity index (χ1n) is 9.44. The maximum Gasteiger partial charge on any atom is 0.230 e. The first-order chi connectivity index (χ1) is 14.4. The highest BCUT2D eigenvalue weighted by atomic mass is 35.5. The minimum atomic E-state index is -0.377. The van der Waals surface area contributed by atoms with Gasteiger partial charge in [0.2, 0.25) is 11.8 Å². The molecule has 2 aliphatic heterocycles. The second-order valence-corrected chi connectivity index (χ2v) is 10.2. The average Bonchev–Trinajstić information content (AvgIpc) is 3.14. The molecule has 30 heavy (non-hydrogen) atoms. The van der Waals surface area contributed by atoms with Gasteiger partial charge in [0.25, 0.3) is 0 Å². The van der Waals surface area contributed by atoms with Gasteiger partial charge in [-0.15, -0.1) is 11.8 Å². The molecule has 1 aromatic carbocycles. The van der Waals surface area contributed by atoms with Crippen LogP contribution in [0.1, 0.15) is 12.0 Å². The van der Waals surface area contributed by atoms with Crippen molar-refractivity contribution in [2.45, 2.75) is 23.8 Å². The third-order valence-corrected chi connectivity index (χ3v) is 7.49. The number of thioether (sulfide) groups is 2. The van der Waals surface area contributed by atoms with Gasteiger partial charge in [-0.2, -0.15) is 0 Å². The fourth-order valence-electron chi connectivity index (χ4n) is 3.09. The van der Waals surface area contributed by atoms with Crippen molar-refractivity contribution >= 4 is 58.5 Å². The number of carbonyl (C=O) groups excluding carboxylic acids is 2. The van der Waals surface area contributed by atoms with Crippen molar-refractivity contribution in [1.82, 2.24) is 15.5 Å². The van der Waals surface area contributed by atoms with Gasteiger partial charge in [0.15, 0.2) is 0 Å². The molecule has 1 fully saturated rings. The molecule has 7 nitrogen and oxygen atoms in total. The van der Waals surface area contributed by atoms with Crippen molar-refractivity contribution in [1.29, 1.82) is 0 Å². The lowest BCUT2D eigenvalue weighted by atomic mass is 10.2. The number of carbonyl (C=O) groups is 2. The first-order valence-corrected chi connectivity index (χ1v) is 12.2. The molecule has 1 unspecified atom stereocenters. The number of nitrogens with two attached hydrogens (primary N) is 1. The van der Waals surface area contributed by atoms with E-state index >= 15 is 0 Å². The van der Waals surface area contributed by atoms with Gasteiger partial charge in [-0.3, -0.25) is 14.5 Å². The molecule has 0 aromatic heterocycles. The van der Waals surface area contributed by atoms with E-state index in [9.17, 15) is 9.59 Å². The molecule has 4 N–H and O–H groups in total. The van der Waals surface area contributed by atoms with E-state index in [-0.39, 0.29) is 29.0 Å². The summed E-state index contributed by atoms with van der Waals surface area (Å²) < 4.78 is 5.80. The zero-order valence-electron chi connectivity index (χ0n) is 16.2. The van der Waals surface area contributed by atoms with E-state index < -0.39 is 0 Å². The lowest BCUT2D eigenvalue weighted by Crippen LogP contribution is -2.47. The largest absolute Gasteiger partial charge is 0.374 e. The summed E-state index contributed by atoms with van der Waals surface area (Å²) in [6.07, 6.45) is 0.120. The Morgan fingerprint density at radius 3 is 3.00 bits per heavy atom. The predicted octanol–water partition coefficient (Wildman–Crippen LogP) is 2.38. The molecular weight excluding hydrogens is 467 g/mol. The molecule has 164 valence electrons. The number of nitrogens with one attached hydrogen (secondary N) is 2. The fraction of sp³-hybridized carbons (Fsp3) is 0.474. The molecular formula is C19H24Cl2N4O3S2. The average molecular weight is 491 g/mol. The van der Waals surface area contributed by atoms with E-state index in [0.29, 0.717) is 42.0 Å². The van der Waals surface area contributed by atoms with Gasteiger partial charge in [0.05, 0.1) is 24.9 Å². The van der Waals surface area contributed by atoms with Crippen LogP contribution in [0.15, 0.2) is 29.3 Å². The summed E-state index contributed by atoms with van der Waals surface area (Å²) in [7, 11) is 0. The Labute approximate surface area is 194 Å². The third-order valence-electron chi connectivity index (χ3n) is 4.53. The van der Waals surface area contributed by atoms with Gasteiger partial charge in [-0.25, -0.2) is 0 Å². The Balaban J connectivity index is 1.35. The third kappa shape index (κ3) is 7.55. The molecule has 0 bridgehead atoms. The minimum Gasteiger partial charge on any atom is -0.374 e. The molecule has 1 saturated heterocycles. The number of hydrogen-bond acceptors (Lipinski definition) is 7. The van der Waals surface area contributed by atoms with E-state index in [1.54, 1.807) is 6.07 Å². The van der Waals surface area contributed by atoms with Crippen molar-refractivity contribution < 1.29 is 14.3 Å². The summed E-state index contributed by atoms with van der Waals surface area (Å²) in [6, 6.07) is 5.52. The second kappa shape index (κ2) is 11.5. The molecule has 0 aliphatic carbocycles. The van der Waals surface area contributed by atoms with E-state index in [1.807, 2.05) is 17.5 Å². The van der Waals surface area contributed by atoms with Gasteiger partial charge < -0.3 is 21.1 Å². The van der Waals surface area contributed by atoms with Gasteiger partial charge in [0, 0.05) is 41.9 Å². The molecule has 1 aromatic rings. The van der Waals surface area contributed by atoms with Crippen LogP contribution in [0.3, 0.4) is 0 Å². The highest BCUT2D eigenvalue weighted by Crippen LogP contribution is 2.30. The summed E-state index contributed by atoms with van der Waals surface area (Å²) in [5.74, 6) is -0.107. The van der Waals surface area contributed by atoms with Crippen LogP contribution in [-0.2, 0) is 20.9 Å². The quantitative estimate of drug-likeness (QED) is 0.488. The number of benzene rings is 1. The number of nitrogens with zero attached hydrogens (tertiary/aromatic N) is 1. The lowest BCUT2D eigenvalue weighted by molar-refractivity contribution is -0.120. The molecule has 0 saturated carbocycles. The standard InChI is InChI=1S/C19H24Cl2N4O3S2/c20-13-2-1-12(16(21)5-13)8-25-3-4-28-15(9-25)7-23-18(27)11-30-19-24-14(10-29-19)6-17(22)26/h1-2,5,10,15,19,24H,3-4,6-9,11H2,(H2,22,26)(H,23,27)/t15-,19?/m0/s1. The normalized spacial score (nSPS) is 21.7. The number of primary amides is 1. The van der Waals surface area contributed by atoms with Gasteiger partial charge in [-0.1, -0.05) is 41.0 Å². The zero-order valence-corrected chi connectivity index (χ0v) is 19.4. The fourth-order valence-corrected chi connectivity index (χ4v) is 5.54. The summed E-state index contributed by atoms with van der Waals surface area (Å²) in [6.45, 7) is 3.31. The Hall–Kier alpha value is -1.10. The molecule has 2 aliphatic rings. The number of morpholine rings is 1. The van der Waals surface area contributed by atoms with Crippen molar-refractivity contribution in [2.24, 2.45) is 5.73 Å². The maximum atomic E-state index is 12.2. The Kier molecular flexibility index (Phi) is 9.03. The van der Waals surface area contributed by atoms with Gasteiger partial charge >= 0.3 is 0 Å². The number of rotatable bonds is 9. The van der Waals surface area contributed by atoms with E-state index in [1.165, 1.54) is 23.5 Å². The SMILES string of the molecule is NC(=O)CC1=CSC(SCC(=O)NC[C@H]2CN(Cc3ccc(Cl)cc3Cl)CCO2)N1. The topological polar surface area (TPSA) is 96.7 Å². The number of halogens is 2. The monoisotopic (exact) mass is 490 g/mol. The van der Waals surface area contributed by atoms with Gasteiger partial charge in [-0.05, 0) is 23.1 Å². The smallest absolute Gasteiger partial charge is 0.230 e. The molecule has 2 heterocycles. The lowest BCUT2D eigenvalue weighted by Gasteiger charge is -2.33. The summed E-state index contributed by atoms with van der Waals surface area (Å²) >= 11 is 15.2. The number of amides is 2. The van der Waals surface area contributed by atoms with Crippen LogP contribution in [0.5, 0.6) is 0 Å². The van der Waals surface area contributed by atoms with Crippen molar-refractivity contribution in [2.75, 3.05) is 32.0 Å². The second-order valence-electron chi connectivity index (χ2n) is 6.98. The predicted molar refractivity (Wildman–Crippen MR) is 123 cm³/mol. The number of ether oxygens (including phenoxy) is 1. The molecule has 3 rings (SSSR count). The Bertz CT molecular complexity index is 812. The molecule has 0 spiro atoms. The Morgan fingerprint density at radius 2 is 2.23 bits per heavy atom. The Morgan fingerprint density at radius 1 is 1.40 bits per heavy atom. The highest BCUT2D eigenvalue weighted by molar-refractivity contribution is 8.18. The van der Waals surface area contributed by atoms with Crippen LogP contribution in [-0.4, -0.2) is 59.5 Å².